The molecule has 0 spiro atoms. The summed E-state index contributed by atoms with van der Waals surface area (Å²) in [6.07, 6.45) is 4.25. The number of anilines is 1. The summed E-state index contributed by atoms with van der Waals surface area (Å²) in [6, 6.07) is 5.31. The Morgan fingerprint density at radius 1 is 1.25 bits per heavy atom. The molecule has 0 aliphatic carbocycles. The Hall–Kier alpha value is -2.15. The van der Waals surface area contributed by atoms with E-state index >= 15 is 0 Å². The van der Waals surface area contributed by atoms with Gasteiger partial charge >= 0.3 is 0 Å². The summed E-state index contributed by atoms with van der Waals surface area (Å²) < 4.78 is 1.00. The van der Waals surface area contributed by atoms with Gasteiger partial charge in [0.05, 0.1) is 5.92 Å². The number of carbonyl (C=O) groups is 3. The molecule has 2 aliphatic rings. The Kier molecular flexibility index (Phi) is 6.54. The summed E-state index contributed by atoms with van der Waals surface area (Å²) in [5, 5.41) is 2.94. The lowest BCUT2D eigenvalue weighted by Gasteiger charge is -2.35. The predicted octanol–water partition coefficient (Wildman–Crippen LogP) is 2.79. The largest absolute Gasteiger partial charge is 0.344 e. The number of carbonyl (C=O) groups excluding carboxylic acids is 3. The van der Waals surface area contributed by atoms with Crippen molar-refractivity contribution in [3.63, 3.8) is 0 Å². The highest BCUT2D eigenvalue weighted by molar-refractivity contribution is 9.10. The number of nitrogens with one attached hydrogen (secondary N) is 1. The van der Waals surface area contributed by atoms with E-state index in [4.69, 9.17) is 0 Å². The standard InChI is InChI=1S/C21H26BrN3O3/c1-3-19(26)24-10-4-6-15(13-24)20(27)23-18-7-5-11-25(21(18)28)16-8-9-17(22)14(2)12-16/h3,8-9,12,15,18H,1,4-7,10-11,13H2,2H3,(H,23,27). The highest BCUT2D eigenvalue weighted by atomic mass is 79.9. The molecule has 2 heterocycles. The topological polar surface area (TPSA) is 69.7 Å². The van der Waals surface area contributed by atoms with Crippen LogP contribution in [-0.2, 0) is 14.4 Å². The minimum atomic E-state index is -0.518. The van der Waals surface area contributed by atoms with Gasteiger partial charge < -0.3 is 15.1 Å². The van der Waals surface area contributed by atoms with Gasteiger partial charge in [0.25, 0.3) is 0 Å². The van der Waals surface area contributed by atoms with Gasteiger partial charge in [-0.25, -0.2) is 0 Å². The van der Waals surface area contributed by atoms with Crippen molar-refractivity contribution in [3.8, 4) is 0 Å². The minimum absolute atomic E-state index is 0.0730. The molecule has 0 aromatic heterocycles. The first-order valence-electron chi connectivity index (χ1n) is 9.70. The minimum Gasteiger partial charge on any atom is -0.344 e. The first-order valence-corrected chi connectivity index (χ1v) is 10.5. The number of benzene rings is 1. The second-order valence-corrected chi connectivity index (χ2v) is 8.31. The zero-order chi connectivity index (χ0) is 20.3. The Balaban J connectivity index is 1.65. The molecule has 3 rings (SSSR count). The molecule has 2 saturated heterocycles. The van der Waals surface area contributed by atoms with Crippen LogP contribution in [0.1, 0.15) is 31.2 Å². The van der Waals surface area contributed by atoms with Crippen LogP contribution in [0, 0.1) is 12.8 Å². The van der Waals surface area contributed by atoms with Crippen molar-refractivity contribution in [2.75, 3.05) is 24.5 Å². The maximum atomic E-state index is 13.0. The normalized spacial score (nSPS) is 22.7. The second-order valence-electron chi connectivity index (χ2n) is 7.45. The van der Waals surface area contributed by atoms with E-state index in [1.165, 1.54) is 6.08 Å². The molecule has 2 fully saturated rings. The van der Waals surface area contributed by atoms with E-state index in [1.54, 1.807) is 9.80 Å². The smallest absolute Gasteiger partial charge is 0.249 e. The Bertz CT molecular complexity index is 795. The fourth-order valence-corrected chi connectivity index (χ4v) is 4.12. The fourth-order valence-electron chi connectivity index (χ4n) is 3.87. The van der Waals surface area contributed by atoms with Crippen molar-refractivity contribution in [2.45, 2.75) is 38.6 Å². The van der Waals surface area contributed by atoms with Crippen molar-refractivity contribution >= 4 is 39.3 Å². The van der Waals surface area contributed by atoms with E-state index in [-0.39, 0.29) is 23.6 Å². The molecule has 2 unspecified atom stereocenters. The van der Waals surface area contributed by atoms with Crippen LogP contribution in [0.25, 0.3) is 0 Å². The SMILES string of the molecule is C=CC(=O)N1CCCC(C(=O)NC2CCCN(c3ccc(Br)c(C)c3)C2=O)C1. The summed E-state index contributed by atoms with van der Waals surface area (Å²) in [7, 11) is 0. The van der Waals surface area contributed by atoms with E-state index < -0.39 is 6.04 Å². The van der Waals surface area contributed by atoms with E-state index in [9.17, 15) is 14.4 Å². The molecule has 28 heavy (non-hydrogen) atoms. The van der Waals surface area contributed by atoms with Crippen molar-refractivity contribution in [2.24, 2.45) is 5.92 Å². The lowest BCUT2D eigenvalue weighted by molar-refractivity contribution is -0.134. The molecular formula is C21H26BrN3O3. The number of halogens is 1. The molecule has 0 radical (unpaired) electrons. The quantitative estimate of drug-likeness (QED) is 0.721. The maximum Gasteiger partial charge on any atom is 0.249 e. The van der Waals surface area contributed by atoms with E-state index in [1.807, 2.05) is 25.1 Å². The van der Waals surface area contributed by atoms with Crippen LogP contribution in [0.4, 0.5) is 5.69 Å². The third-order valence-corrected chi connectivity index (χ3v) is 6.38. The van der Waals surface area contributed by atoms with E-state index in [2.05, 4.69) is 27.8 Å². The van der Waals surface area contributed by atoms with Crippen LogP contribution < -0.4 is 10.2 Å². The summed E-state index contributed by atoms with van der Waals surface area (Å²) in [5.41, 5.74) is 1.91. The Morgan fingerprint density at radius 3 is 2.71 bits per heavy atom. The molecular weight excluding hydrogens is 422 g/mol. The Morgan fingerprint density at radius 2 is 2.00 bits per heavy atom. The number of hydrogen-bond donors (Lipinski definition) is 1. The van der Waals surface area contributed by atoms with Crippen molar-refractivity contribution in [1.82, 2.24) is 10.2 Å². The van der Waals surface area contributed by atoms with Crippen LogP contribution in [0.2, 0.25) is 0 Å². The predicted molar refractivity (Wildman–Crippen MR) is 112 cm³/mol. The van der Waals surface area contributed by atoms with Crippen LogP contribution in [0.5, 0.6) is 0 Å². The summed E-state index contributed by atoms with van der Waals surface area (Å²) in [6.45, 7) is 7.18. The number of aryl methyl sites for hydroxylation is 1. The highest BCUT2D eigenvalue weighted by Gasteiger charge is 2.34. The molecule has 0 bridgehead atoms. The van der Waals surface area contributed by atoms with Gasteiger partial charge in [-0.3, -0.25) is 14.4 Å². The first-order chi connectivity index (χ1) is 13.4. The molecule has 150 valence electrons. The third kappa shape index (κ3) is 4.46. The number of hydrogen-bond acceptors (Lipinski definition) is 3. The lowest BCUT2D eigenvalue weighted by Crippen LogP contribution is -2.55. The average Bonchev–Trinajstić information content (AvgIpc) is 2.71. The van der Waals surface area contributed by atoms with Gasteiger partial charge in [-0.1, -0.05) is 22.5 Å². The maximum absolute atomic E-state index is 13.0. The summed E-state index contributed by atoms with van der Waals surface area (Å²) in [5.74, 6) is -0.649. The van der Waals surface area contributed by atoms with Crippen molar-refractivity contribution in [1.29, 1.82) is 0 Å². The third-order valence-electron chi connectivity index (χ3n) is 5.49. The summed E-state index contributed by atoms with van der Waals surface area (Å²) >= 11 is 3.48. The molecule has 2 atom stereocenters. The van der Waals surface area contributed by atoms with Gasteiger partial charge in [-0.15, -0.1) is 0 Å². The van der Waals surface area contributed by atoms with Crippen molar-refractivity contribution < 1.29 is 14.4 Å². The number of piperidine rings is 2. The first kappa shape index (κ1) is 20.6. The van der Waals surface area contributed by atoms with Gasteiger partial charge in [0, 0.05) is 29.8 Å². The number of nitrogens with zero attached hydrogens (tertiary/aromatic N) is 2. The van der Waals surface area contributed by atoms with Gasteiger partial charge in [-0.05, 0) is 62.4 Å². The number of rotatable bonds is 4. The molecule has 1 aromatic rings. The van der Waals surface area contributed by atoms with E-state index in [0.29, 0.717) is 26.1 Å². The van der Waals surface area contributed by atoms with Gasteiger partial charge in [0.2, 0.25) is 17.7 Å². The highest BCUT2D eigenvalue weighted by Crippen LogP contribution is 2.26. The molecule has 1 N–H and O–H groups in total. The van der Waals surface area contributed by atoms with Gasteiger partial charge in [0.15, 0.2) is 0 Å². The fraction of sp³-hybridized carbons (Fsp3) is 0.476. The van der Waals surface area contributed by atoms with Crippen LogP contribution in [-0.4, -0.2) is 48.3 Å². The molecule has 6 nitrogen and oxygen atoms in total. The van der Waals surface area contributed by atoms with E-state index in [0.717, 1.165) is 35.0 Å². The molecule has 7 heteroatoms. The monoisotopic (exact) mass is 447 g/mol. The van der Waals surface area contributed by atoms with Crippen LogP contribution in [0.3, 0.4) is 0 Å². The molecule has 0 saturated carbocycles. The summed E-state index contributed by atoms with van der Waals surface area (Å²) in [4.78, 5) is 41.0. The van der Waals surface area contributed by atoms with Gasteiger partial charge in [-0.2, -0.15) is 0 Å². The van der Waals surface area contributed by atoms with Crippen molar-refractivity contribution in [3.05, 3.63) is 40.9 Å². The number of amides is 3. The van der Waals surface area contributed by atoms with Crippen LogP contribution >= 0.6 is 15.9 Å². The molecule has 1 aromatic carbocycles. The van der Waals surface area contributed by atoms with Crippen LogP contribution in [0.15, 0.2) is 35.3 Å². The average molecular weight is 448 g/mol. The molecule has 3 amide bonds. The Labute approximate surface area is 174 Å². The lowest BCUT2D eigenvalue weighted by atomic mass is 9.95. The van der Waals surface area contributed by atoms with Gasteiger partial charge in [0.1, 0.15) is 6.04 Å². The zero-order valence-electron chi connectivity index (χ0n) is 16.1. The molecule has 2 aliphatic heterocycles. The number of likely N-dealkylation sites (tertiary alicyclic amines) is 1. The second kappa shape index (κ2) is 8.90. The zero-order valence-corrected chi connectivity index (χ0v) is 17.7.